The second-order valence-electron chi connectivity index (χ2n) is 2.44. The average molecular weight is 118 g/mol. The van der Waals surface area contributed by atoms with Crippen molar-refractivity contribution in [2.24, 2.45) is 5.92 Å². The molecular weight excluding hydrogens is 103 g/mol. The van der Waals surface area contributed by atoms with Gasteiger partial charge < -0.3 is 0 Å². The van der Waals surface area contributed by atoms with Crippen LogP contribution in [0.4, 0.5) is 4.39 Å². The molecule has 0 N–H and O–H groups in total. The number of hydrogen-bond acceptors (Lipinski definition) is 0. The first kappa shape index (κ1) is 7.93. The van der Waals surface area contributed by atoms with E-state index in [-0.39, 0.29) is 5.92 Å². The Hall–Kier alpha value is -0.0700. The number of hydrogen-bond donors (Lipinski definition) is 0. The Morgan fingerprint density at radius 1 is 1.38 bits per heavy atom. The molecule has 0 aliphatic carbocycles. The van der Waals surface area contributed by atoms with Crippen LogP contribution < -0.4 is 0 Å². The van der Waals surface area contributed by atoms with Crippen molar-refractivity contribution < 1.29 is 4.39 Å². The molecule has 1 unspecified atom stereocenters. The van der Waals surface area contributed by atoms with Crippen molar-refractivity contribution in [3.8, 4) is 0 Å². The van der Waals surface area contributed by atoms with Gasteiger partial charge in [-0.3, -0.25) is 0 Å². The fourth-order valence-corrected chi connectivity index (χ4v) is 0.685. The number of halogens is 1. The van der Waals surface area contributed by atoms with Gasteiger partial charge in [0.2, 0.25) is 0 Å². The molecule has 2 atom stereocenters. The molecule has 0 aliphatic rings. The zero-order chi connectivity index (χ0) is 6.57. The maximum Gasteiger partial charge on any atom is 0.0998 e. The summed E-state index contributed by atoms with van der Waals surface area (Å²) in [5.74, 6) is 0.250. The highest BCUT2D eigenvalue weighted by Crippen LogP contribution is 2.11. The van der Waals surface area contributed by atoms with Crippen LogP contribution in [0.25, 0.3) is 0 Å². The fourth-order valence-electron chi connectivity index (χ4n) is 0.685. The van der Waals surface area contributed by atoms with Crippen molar-refractivity contribution >= 4 is 0 Å². The molecule has 0 radical (unpaired) electrons. The van der Waals surface area contributed by atoms with Crippen LogP contribution in [0, 0.1) is 5.92 Å². The molecule has 0 heterocycles. The van der Waals surface area contributed by atoms with Gasteiger partial charge in [-0.15, -0.1) is 0 Å². The van der Waals surface area contributed by atoms with Crippen molar-refractivity contribution in [1.29, 1.82) is 0 Å². The van der Waals surface area contributed by atoms with Gasteiger partial charge in [-0.25, -0.2) is 4.39 Å². The van der Waals surface area contributed by atoms with Crippen LogP contribution in [0.3, 0.4) is 0 Å². The van der Waals surface area contributed by atoms with Crippen molar-refractivity contribution in [3.63, 3.8) is 0 Å². The Morgan fingerprint density at radius 3 is 2.00 bits per heavy atom. The van der Waals surface area contributed by atoms with E-state index in [1.165, 1.54) is 0 Å². The summed E-state index contributed by atoms with van der Waals surface area (Å²) in [7, 11) is 0. The van der Waals surface area contributed by atoms with Gasteiger partial charge in [0.15, 0.2) is 0 Å². The zero-order valence-corrected chi connectivity index (χ0v) is 5.95. The lowest BCUT2D eigenvalue weighted by Crippen LogP contribution is -2.06. The van der Waals surface area contributed by atoms with Crippen LogP contribution in [-0.2, 0) is 0 Å². The number of rotatable bonds is 3. The van der Waals surface area contributed by atoms with Gasteiger partial charge in [-0.05, 0) is 19.3 Å². The predicted molar refractivity (Wildman–Crippen MR) is 34.6 cm³/mol. The summed E-state index contributed by atoms with van der Waals surface area (Å²) in [5.41, 5.74) is 0. The van der Waals surface area contributed by atoms with Crippen LogP contribution in [0.1, 0.15) is 33.6 Å². The van der Waals surface area contributed by atoms with E-state index in [0.29, 0.717) is 0 Å². The minimum absolute atomic E-state index is 0.250. The molecule has 0 spiro atoms. The topological polar surface area (TPSA) is 0 Å². The summed E-state index contributed by atoms with van der Waals surface area (Å²) in [5, 5.41) is 0. The Kier molecular flexibility index (Phi) is 3.84. The van der Waals surface area contributed by atoms with E-state index >= 15 is 0 Å². The molecule has 0 fully saturated rings. The minimum atomic E-state index is -0.630. The van der Waals surface area contributed by atoms with E-state index in [2.05, 4.69) is 6.92 Å². The molecule has 0 amide bonds. The maximum absolute atomic E-state index is 12.3. The van der Waals surface area contributed by atoms with E-state index in [4.69, 9.17) is 0 Å². The molecule has 0 aromatic heterocycles. The van der Waals surface area contributed by atoms with Crippen molar-refractivity contribution in [2.45, 2.75) is 39.8 Å². The van der Waals surface area contributed by atoms with E-state index in [1.807, 2.05) is 6.92 Å². The van der Waals surface area contributed by atoms with Gasteiger partial charge in [-0.1, -0.05) is 20.3 Å². The third-order valence-corrected chi connectivity index (χ3v) is 1.53. The lowest BCUT2D eigenvalue weighted by molar-refractivity contribution is 0.252. The molecule has 0 saturated carbocycles. The normalized spacial score (nSPS) is 18.0. The van der Waals surface area contributed by atoms with Gasteiger partial charge in [0, 0.05) is 0 Å². The van der Waals surface area contributed by atoms with Crippen LogP contribution in [0.2, 0.25) is 0 Å². The highest BCUT2D eigenvalue weighted by molar-refractivity contribution is 4.57. The standard InChI is InChI=1S/C7H15F/c1-4-5-6(2)7(3)8/h6-7H,4-5H2,1-3H3/t6-,7?/m1/s1. The predicted octanol–water partition coefficient (Wildman–Crippen LogP) is 2.78. The third kappa shape index (κ3) is 3.00. The molecule has 1 heteroatoms. The molecule has 0 saturated heterocycles. The summed E-state index contributed by atoms with van der Waals surface area (Å²) in [4.78, 5) is 0. The molecule has 0 bridgehead atoms. The zero-order valence-electron chi connectivity index (χ0n) is 5.95. The van der Waals surface area contributed by atoms with Gasteiger partial charge in [0.25, 0.3) is 0 Å². The van der Waals surface area contributed by atoms with Gasteiger partial charge >= 0.3 is 0 Å². The highest BCUT2D eigenvalue weighted by atomic mass is 19.1. The average Bonchev–Trinajstić information content (AvgIpc) is 1.67. The third-order valence-electron chi connectivity index (χ3n) is 1.53. The van der Waals surface area contributed by atoms with Gasteiger partial charge in [-0.2, -0.15) is 0 Å². The smallest absolute Gasteiger partial charge is 0.0998 e. The van der Waals surface area contributed by atoms with Crippen molar-refractivity contribution in [3.05, 3.63) is 0 Å². The SMILES string of the molecule is CCC[C@@H](C)C(C)F. The summed E-state index contributed by atoms with van der Waals surface area (Å²) in [6, 6.07) is 0. The minimum Gasteiger partial charge on any atom is -0.248 e. The summed E-state index contributed by atoms with van der Waals surface area (Å²) in [6.07, 6.45) is 1.47. The highest BCUT2D eigenvalue weighted by Gasteiger charge is 2.07. The Morgan fingerprint density at radius 2 is 1.88 bits per heavy atom. The Balaban J connectivity index is 3.17. The molecule has 50 valence electrons. The molecule has 0 aromatic rings. The Bertz CT molecular complexity index is 50.3. The maximum atomic E-state index is 12.3. The lowest BCUT2D eigenvalue weighted by atomic mass is 10.0. The first-order chi connectivity index (χ1) is 3.68. The van der Waals surface area contributed by atoms with Crippen LogP contribution in [0.5, 0.6) is 0 Å². The second-order valence-corrected chi connectivity index (χ2v) is 2.44. The first-order valence-corrected chi connectivity index (χ1v) is 3.32. The Labute approximate surface area is 51.1 Å². The van der Waals surface area contributed by atoms with Crippen molar-refractivity contribution in [2.75, 3.05) is 0 Å². The summed E-state index contributed by atoms with van der Waals surface area (Å²) >= 11 is 0. The van der Waals surface area contributed by atoms with Crippen LogP contribution in [0.15, 0.2) is 0 Å². The van der Waals surface area contributed by atoms with E-state index in [9.17, 15) is 4.39 Å². The summed E-state index contributed by atoms with van der Waals surface area (Å²) in [6.45, 7) is 5.66. The largest absolute Gasteiger partial charge is 0.248 e. The number of alkyl halides is 1. The molecule has 0 aliphatic heterocycles. The molecular formula is C7H15F. The molecule has 0 rings (SSSR count). The van der Waals surface area contributed by atoms with Crippen LogP contribution in [-0.4, -0.2) is 6.17 Å². The molecule has 0 aromatic carbocycles. The summed E-state index contributed by atoms with van der Waals surface area (Å²) < 4.78 is 12.3. The first-order valence-electron chi connectivity index (χ1n) is 3.32. The van der Waals surface area contributed by atoms with E-state index < -0.39 is 6.17 Å². The second kappa shape index (κ2) is 3.88. The quantitative estimate of drug-likeness (QED) is 0.534. The van der Waals surface area contributed by atoms with Crippen molar-refractivity contribution in [1.82, 2.24) is 0 Å². The van der Waals surface area contributed by atoms with E-state index in [0.717, 1.165) is 12.8 Å². The molecule has 0 nitrogen and oxygen atoms in total. The lowest BCUT2D eigenvalue weighted by Gasteiger charge is -2.09. The van der Waals surface area contributed by atoms with Gasteiger partial charge in [0.05, 0.1) is 6.17 Å². The van der Waals surface area contributed by atoms with Gasteiger partial charge in [0.1, 0.15) is 0 Å². The van der Waals surface area contributed by atoms with E-state index in [1.54, 1.807) is 6.92 Å². The van der Waals surface area contributed by atoms with Crippen LogP contribution >= 0.6 is 0 Å². The monoisotopic (exact) mass is 118 g/mol. The molecule has 8 heavy (non-hydrogen) atoms. The fraction of sp³-hybridized carbons (Fsp3) is 1.00.